The quantitative estimate of drug-likeness (QED) is 0.425. The lowest BCUT2D eigenvalue weighted by atomic mass is 10.2. The molecule has 152 valence electrons. The summed E-state index contributed by atoms with van der Waals surface area (Å²) in [7, 11) is 0. The van der Waals surface area contributed by atoms with E-state index in [1.54, 1.807) is 35.2 Å². The van der Waals surface area contributed by atoms with Gasteiger partial charge in [0.05, 0.1) is 27.2 Å². The van der Waals surface area contributed by atoms with Crippen LogP contribution in [0.5, 0.6) is 5.75 Å². The average Bonchev–Trinajstić information content (AvgIpc) is 2.96. The fourth-order valence-electron chi connectivity index (χ4n) is 2.73. The minimum atomic E-state index is -0.0920. The SMILES string of the molecule is CCCN1C(=O)/C(=C/c2cc(Cl)c(OCC)c(Cl)c2)SC1=Nc1ccc(Cl)cc1. The van der Waals surface area contributed by atoms with Gasteiger partial charge in [-0.1, -0.05) is 41.7 Å². The Hall–Kier alpha value is -1.66. The highest BCUT2D eigenvalue weighted by Crippen LogP contribution is 2.38. The first kappa shape index (κ1) is 22.0. The summed E-state index contributed by atoms with van der Waals surface area (Å²) >= 11 is 19.8. The third-order valence-corrected chi connectivity index (χ3v) is 5.81. The Morgan fingerprint density at radius 3 is 2.34 bits per heavy atom. The van der Waals surface area contributed by atoms with E-state index in [1.807, 2.05) is 26.0 Å². The van der Waals surface area contributed by atoms with E-state index < -0.39 is 0 Å². The number of thioether (sulfide) groups is 1. The smallest absolute Gasteiger partial charge is 0.266 e. The van der Waals surface area contributed by atoms with Crippen molar-refractivity contribution >= 4 is 69.4 Å². The van der Waals surface area contributed by atoms with Crippen molar-refractivity contribution in [1.82, 2.24) is 4.90 Å². The molecule has 1 amide bonds. The molecule has 0 aliphatic carbocycles. The molecule has 1 aliphatic heterocycles. The predicted molar refractivity (Wildman–Crippen MR) is 124 cm³/mol. The number of rotatable bonds is 6. The number of halogens is 3. The van der Waals surface area contributed by atoms with Gasteiger partial charge in [-0.25, -0.2) is 4.99 Å². The zero-order chi connectivity index (χ0) is 21.0. The van der Waals surface area contributed by atoms with Gasteiger partial charge in [-0.2, -0.15) is 0 Å². The van der Waals surface area contributed by atoms with Gasteiger partial charge >= 0.3 is 0 Å². The van der Waals surface area contributed by atoms with Gasteiger partial charge in [0.25, 0.3) is 5.91 Å². The zero-order valence-electron chi connectivity index (χ0n) is 15.9. The summed E-state index contributed by atoms with van der Waals surface area (Å²) in [6.07, 6.45) is 2.59. The number of benzene rings is 2. The lowest BCUT2D eigenvalue weighted by Crippen LogP contribution is -2.29. The molecule has 2 aromatic carbocycles. The third-order valence-electron chi connectivity index (χ3n) is 3.99. The first-order valence-electron chi connectivity index (χ1n) is 9.10. The van der Waals surface area contributed by atoms with Crippen LogP contribution in [0, 0.1) is 0 Å². The number of nitrogens with zero attached hydrogens (tertiary/aromatic N) is 2. The van der Waals surface area contributed by atoms with Crippen LogP contribution in [0.15, 0.2) is 46.3 Å². The number of carbonyl (C=O) groups is 1. The van der Waals surface area contributed by atoms with E-state index in [4.69, 9.17) is 39.5 Å². The van der Waals surface area contributed by atoms with E-state index in [0.717, 1.165) is 17.7 Å². The fraction of sp³-hybridized carbons (Fsp3) is 0.238. The number of carbonyl (C=O) groups excluding carboxylic acids is 1. The number of amides is 1. The van der Waals surface area contributed by atoms with Gasteiger partial charge in [-0.15, -0.1) is 0 Å². The summed E-state index contributed by atoms with van der Waals surface area (Å²) in [5, 5.41) is 2.08. The van der Waals surface area contributed by atoms with Gasteiger partial charge < -0.3 is 4.74 Å². The van der Waals surface area contributed by atoms with Crippen molar-refractivity contribution in [2.75, 3.05) is 13.2 Å². The minimum Gasteiger partial charge on any atom is -0.491 e. The van der Waals surface area contributed by atoms with E-state index >= 15 is 0 Å². The Labute approximate surface area is 189 Å². The summed E-state index contributed by atoms with van der Waals surface area (Å²) in [4.78, 5) is 19.8. The molecule has 1 heterocycles. The molecular weight excluding hydrogens is 451 g/mol. The second kappa shape index (κ2) is 9.90. The highest BCUT2D eigenvalue weighted by atomic mass is 35.5. The summed E-state index contributed by atoms with van der Waals surface area (Å²) in [6.45, 7) is 4.93. The average molecular weight is 470 g/mol. The van der Waals surface area contributed by atoms with Crippen LogP contribution in [0.25, 0.3) is 6.08 Å². The van der Waals surface area contributed by atoms with Crippen molar-refractivity contribution in [3.05, 3.63) is 61.9 Å². The number of hydrogen-bond acceptors (Lipinski definition) is 4. The number of ether oxygens (including phenoxy) is 1. The van der Waals surface area contributed by atoms with Crippen LogP contribution in [0.1, 0.15) is 25.8 Å². The predicted octanol–water partition coefficient (Wildman–Crippen LogP) is 7.06. The molecule has 29 heavy (non-hydrogen) atoms. The molecule has 4 nitrogen and oxygen atoms in total. The van der Waals surface area contributed by atoms with Crippen molar-refractivity contribution < 1.29 is 9.53 Å². The highest BCUT2D eigenvalue weighted by Gasteiger charge is 2.32. The van der Waals surface area contributed by atoms with Crippen molar-refractivity contribution in [2.45, 2.75) is 20.3 Å². The Morgan fingerprint density at radius 1 is 1.10 bits per heavy atom. The first-order valence-corrected chi connectivity index (χ1v) is 11.1. The largest absolute Gasteiger partial charge is 0.491 e. The summed E-state index contributed by atoms with van der Waals surface area (Å²) in [5.74, 6) is 0.353. The van der Waals surface area contributed by atoms with Crippen LogP contribution in [0.4, 0.5) is 5.69 Å². The first-order chi connectivity index (χ1) is 13.9. The van der Waals surface area contributed by atoms with Crippen LogP contribution >= 0.6 is 46.6 Å². The Kier molecular flexibility index (Phi) is 7.52. The normalized spacial score (nSPS) is 16.9. The summed E-state index contributed by atoms with van der Waals surface area (Å²) in [6, 6.07) is 10.6. The highest BCUT2D eigenvalue weighted by molar-refractivity contribution is 8.18. The van der Waals surface area contributed by atoms with Crippen LogP contribution in [-0.4, -0.2) is 29.1 Å². The molecule has 0 atom stereocenters. The molecule has 0 aromatic heterocycles. The van der Waals surface area contributed by atoms with Crippen LogP contribution in [-0.2, 0) is 4.79 Å². The van der Waals surface area contributed by atoms with E-state index in [0.29, 0.717) is 44.0 Å². The Morgan fingerprint density at radius 2 is 1.76 bits per heavy atom. The standard InChI is InChI=1S/C21H19Cl3N2O2S/c1-3-9-26-20(27)18(29-21(26)25-15-7-5-14(22)6-8-15)12-13-10-16(23)19(28-4-2)17(24)11-13/h5-8,10-12H,3-4,9H2,1-2H3/b18-12-,25-21?. The maximum atomic E-state index is 12.9. The molecule has 1 fully saturated rings. The maximum Gasteiger partial charge on any atom is 0.266 e. The molecule has 0 N–H and O–H groups in total. The molecule has 0 radical (unpaired) electrons. The lowest BCUT2D eigenvalue weighted by Gasteiger charge is -2.14. The summed E-state index contributed by atoms with van der Waals surface area (Å²) in [5.41, 5.74) is 1.46. The van der Waals surface area contributed by atoms with Gasteiger partial charge in [0.15, 0.2) is 10.9 Å². The van der Waals surface area contributed by atoms with E-state index in [-0.39, 0.29) is 5.91 Å². The van der Waals surface area contributed by atoms with E-state index in [2.05, 4.69) is 4.99 Å². The molecule has 0 bridgehead atoms. The molecule has 1 saturated heterocycles. The van der Waals surface area contributed by atoms with Gasteiger partial charge in [0.1, 0.15) is 0 Å². The second-order valence-electron chi connectivity index (χ2n) is 6.18. The number of amidine groups is 1. The van der Waals surface area contributed by atoms with E-state index in [1.165, 1.54) is 11.8 Å². The monoisotopic (exact) mass is 468 g/mol. The molecule has 0 unspecified atom stereocenters. The molecule has 8 heteroatoms. The molecule has 1 aliphatic rings. The third kappa shape index (κ3) is 5.28. The van der Waals surface area contributed by atoms with Crippen LogP contribution in [0.3, 0.4) is 0 Å². The Bertz CT molecular complexity index is 951. The van der Waals surface area contributed by atoms with Gasteiger partial charge in [0, 0.05) is 11.6 Å². The molecular formula is C21H19Cl3N2O2S. The van der Waals surface area contributed by atoms with Gasteiger partial charge in [0.2, 0.25) is 0 Å². The fourth-order valence-corrected chi connectivity index (χ4v) is 4.50. The van der Waals surface area contributed by atoms with Crippen molar-refractivity contribution in [3.8, 4) is 5.75 Å². The molecule has 3 rings (SSSR count). The van der Waals surface area contributed by atoms with Crippen LogP contribution < -0.4 is 4.74 Å². The van der Waals surface area contributed by atoms with Crippen molar-refractivity contribution in [2.24, 2.45) is 4.99 Å². The van der Waals surface area contributed by atoms with Crippen LogP contribution in [0.2, 0.25) is 15.1 Å². The maximum absolute atomic E-state index is 12.9. The molecule has 0 spiro atoms. The summed E-state index contributed by atoms with van der Waals surface area (Å²) < 4.78 is 5.46. The number of aliphatic imine (C=N–C) groups is 1. The lowest BCUT2D eigenvalue weighted by molar-refractivity contribution is -0.122. The molecule has 0 saturated carbocycles. The number of hydrogen-bond donors (Lipinski definition) is 0. The molecule has 2 aromatic rings. The zero-order valence-corrected chi connectivity index (χ0v) is 19.0. The Balaban J connectivity index is 1.94. The topological polar surface area (TPSA) is 41.9 Å². The minimum absolute atomic E-state index is 0.0920. The van der Waals surface area contributed by atoms with E-state index in [9.17, 15) is 4.79 Å². The van der Waals surface area contributed by atoms with Crippen molar-refractivity contribution in [3.63, 3.8) is 0 Å². The van der Waals surface area contributed by atoms with Crippen molar-refractivity contribution in [1.29, 1.82) is 0 Å². The van der Waals surface area contributed by atoms with Gasteiger partial charge in [-0.05, 0) is 73.1 Å². The van der Waals surface area contributed by atoms with Gasteiger partial charge in [-0.3, -0.25) is 9.69 Å². The second-order valence-corrected chi connectivity index (χ2v) is 8.44.